The molecule has 0 unspecified atom stereocenters. The van der Waals surface area contributed by atoms with E-state index in [1.165, 1.54) is 11.1 Å². The van der Waals surface area contributed by atoms with Gasteiger partial charge in [-0.3, -0.25) is 9.69 Å². The van der Waals surface area contributed by atoms with Gasteiger partial charge in [0.05, 0.1) is 7.11 Å². The molecule has 2 aliphatic rings. The van der Waals surface area contributed by atoms with Crippen LogP contribution in [0.15, 0.2) is 17.7 Å². The summed E-state index contributed by atoms with van der Waals surface area (Å²) in [4.78, 5) is 14.8. The Morgan fingerprint density at radius 1 is 1.40 bits per heavy atom. The third-order valence-electron chi connectivity index (χ3n) is 4.94. The average molecular weight is 345 g/mol. The highest BCUT2D eigenvalue weighted by Crippen LogP contribution is 2.50. The van der Waals surface area contributed by atoms with E-state index >= 15 is 0 Å². The molecule has 2 aliphatic heterocycles. The van der Waals surface area contributed by atoms with Crippen molar-refractivity contribution in [3.63, 3.8) is 0 Å². The number of carbonyl (C=O) groups is 1. The Balaban J connectivity index is 1.86. The maximum Gasteiger partial charge on any atom is 0.231 e. The predicted molar refractivity (Wildman–Crippen MR) is 96.5 cm³/mol. The standard InChI is InChI=1S/C20H27NO4/c1-13(2)6-5-7-15(22)11-16-18-14(8-9-21(16)3)10-17-19(20(18)23-4)25-12-24-17/h6,10,16H,5,7-9,11-12H2,1-4H3/t16-/m0/s1. The number of ether oxygens (including phenoxy) is 3. The first kappa shape index (κ1) is 17.8. The maximum absolute atomic E-state index is 12.5. The van der Waals surface area contributed by atoms with E-state index in [0.717, 1.165) is 36.4 Å². The Kier molecular flexibility index (Phi) is 5.33. The monoisotopic (exact) mass is 345 g/mol. The lowest BCUT2D eigenvalue weighted by molar-refractivity contribution is -0.120. The normalized spacial score (nSPS) is 18.6. The fourth-order valence-corrected chi connectivity index (χ4v) is 3.62. The van der Waals surface area contributed by atoms with Crippen LogP contribution in [0.25, 0.3) is 0 Å². The first-order valence-corrected chi connectivity index (χ1v) is 8.86. The van der Waals surface area contributed by atoms with Crippen LogP contribution >= 0.6 is 0 Å². The lowest BCUT2D eigenvalue weighted by atomic mass is 9.88. The molecule has 1 aromatic rings. The largest absolute Gasteiger partial charge is 0.492 e. The second-order valence-corrected chi connectivity index (χ2v) is 7.03. The molecule has 0 radical (unpaired) electrons. The van der Waals surface area contributed by atoms with Crippen molar-refractivity contribution in [2.45, 2.75) is 45.6 Å². The fraction of sp³-hybridized carbons (Fsp3) is 0.550. The minimum absolute atomic E-state index is 0.0207. The number of hydrogen-bond acceptors (Lipinski definition) is 5. The second-order valence-electron chi connectivity index (χ2n) is 7.03. The Morgan fingerprint density at radius 3 is 2.92 bits per heavy atom. The molecule has 0 amide bonds. The molecule has 5 heteroatoms. The molecule has 0 saturated heterocycles. The third-order valence-corrected chi connectivity index (χ3v) is 4.94. The Hall–Kier alpha value is -2.01. The summed E-state index contributed by atoms with van der Waals surface area (Å²) in [6.07, 6.45) is 4.92. The summed E-state index contributed by atoms with van der Waals surface area (Å²) in [6.45, 7) is 5.25. The van der Waals surface area contributed by atoms with E-state index < -0.39 is 0 Å². The van der Waals surface area contributed by atoms with Crippen LogP contribution in [0.4, 0.5) is 0 Å². The highest BCUT2D eigenvalue weighted by atomic mass is 16.7. The van der Waals surface area contributed by atoms with Crippen LogP contribution in [0, 0.1) is 0 Å². The van der Waals surface area contributed by atoms with Gasteiger partial charge in [-0.1, -0.05) is 11.6 Å². The van der Waals surface area contributed by atoms with Gasteiger partial charge in [0.1, 0.15) is 5.78 Å². The number of fused-ring (bicyclic) bond motifs is 2. The van der Waals surface area contributed by atoms with Crippen LogP contribution in [0.1, 0.15) is 50.3 Å². The van der Waals surface area contributed by atoms with Crippen molar-refractivity contribution < 1.29 is 19.0 Å². The van der Waals surface area contributed by atoms with E-state index in [1.807, 2.05) is 6.07 Å². The van der Waals surface area contributed by atoms with Crippen molar-refractivity contribution in [2.24, 2.45) is 0 Å². The lowest BCUT2D eigenvalue weighted by Crippen LogP contribution is -2.34. The van der Waals surface area contributed by atoms with Crippen molar-refractivity contribution in [3.05, 3.63) is 28.8 Å². The number of rotatable bonds is 6. The van der Waals surface area contributed by atoms with E-state index in [0.29, 0.717) is 18.6 Å². The summed E-state index contributed by atoms with van der Waals surface area (Å²) < 4.78 is 16.8. The molecule has 0 aliphatic carbocycles. The van der Waals surface area contributed by atoms with Crippen LogP contribution in [-0.4, -0.2) is 38.2 Å². The molecular formula is C20H27NO4. The van der Waals surface area contributed by atoms with E-state index in [4.69, 9.17) is 14.2 Å². The van der Waals surface area contributed by atoms with Gasteiger partial charge >= 0.3 is 0 Å². The van der Waals surface area contributed by atoms with Crippen LogP contribution in [0.2, 0.25) is 0 Å². The van der Waals surface area contributed by atoms with Crippen molar-refractivity contribution in [2.75, 3.05) is 27.5 Å². The van der Waals surface area contributed by atoms with Crippen LogP contribution in [-0.2, 0) is 11.2 Å². The zero-order valence-electron chi connectivity index (χ0n) is 15.6. The number of allylic oxidation sites excluding steroid dienone is 2. The molecule has 1 atom stereocenters. The molecule has 25 heavy (non-hydrogen) atoms. The van der Waals surface area contributed by atoms with Gasteiger partial charge in [-0.25, -0.2) is 0 Å². The third kappa shape index (κ3) is 3.66. The highest BCUT2D eigenvalue weighted by Gasteiger charge is 2.34. The summed E-state index contributed by atoms with van der Waals surface area (Å²) in [7, 11) is 3.72. The molecular weight excluding hydrogens is 318 g/mol. The molecule has 136 valence electrons. The number of nitrogens with zero attached hydrogens (tertiary/aromatic N) is 1. The van der Waals surface area contributed by atoms with E-state index in [-0.39, 0.29) is 18.6 Å². The van der Waals surface area contributed by atoms with Gasteiger partial charge in [-0.05, 0) is 45.4 Å². The quantitative estimate of drug-likeness (QED) is 0.737. The molecule has 0 bridgehead atoms. The minimum Gasteiger partial charge on any atom is -0.492 e. The molecule has 0 spiro atoms. The molecule has 0 aromatic heterocycles. The molecule has 0 saturated carbocycles. The smallest absolute Gasteiger partial charge is 0.231 e. The van der Waals surface area contributed by atoms with Crippen LogP contribution in [0.5, 0.6) is 17.2 Å². The van der Waals surface area contributed by atoms with Crippen molar-refractivity contribution in [1.29, 1.82) is 0 Å². The summed E-state index contributed by atoms with van der Waals surface area (Å²) >= 11 is 0. The summed E-state index contributed by atoms with van der Waals surface area (Å²) in [5, 5.41) is 0. The van der Waals surface area contributed by atoms with Gasteiger partial charge in [0.25, 0.3) is 0 Å². The highest BCUT2D eigenvalue weighted by molar-refractivity contribution is 5.80. The fourth-order valence-electron chi connectivity index (χ4n) is 3.62. The maximum atomic E-state index is 12.5. The van der Waals surface area contributed by atoms with Gasteiger partial charge in [0, 0.05) is 31.0 Å². The molecule has 2 heterocycles. The molecule has 0 fully saturated rings. The Labute approximate surface area is 149 Å². The van der Waals surface area contributed by atoms with Gasteiger partial charge in [-0.15, -0.1) is 0 Å². The van der Waals surface area contributed by atoms with E-state index in [1.54, 1.807) is 7.11 Å². The summed E-state index contributed by atoms with van der Waals surface area (Å²) in [5.41, 5.74) is 3.53. The topological polar surface area (TPSA) is 48.0 Å². The van der Waals surface area contributed by atoms with Crippen molar-refractivity contribution >= 4 is 5.78 Å². The second kappa shape index (κ2) is 7.48. The average Bonchev–Trinajstić information content (AvgIpc) is 3.03. The van der Waals surface area contributed by atoms with Gasteiger partial charge in [0.2, 0.25) is 12.5 Å². The first-order chi connectivity index (χ1) is 12.0. The zero-order valence-corrected chi connectivity index (χ0v) is 15.6. The molecule has 5 nitrogen and oxygen atoms in total. The van der Waals surface area contributed by atoms with Crippen LogP contribution in [0.3, 0.4) is 0 Å². The summed E-state index contributed by atoms with van der Waals surface area (Å²) in [6, 6.07) is 2.07. The van der Waals surface area contributed by atoms with Gasteiger partial charge < -0.3 is 14.2 Å². The number of ketones is 1. The number of benzene rings is 1. The van der Waals surface area contributed by atoms with Crippen molar-refractivity contribution in [1.82, 2.24) is 4.90 Å². The van der Waals surface area contributed by atoms with Gasteiger partial charge in [0.15, 0.2) is 11.5 Å². The van der Waals surface area contributed by atoms with E-state index in [2.05, 4.69) is 31.9 Å². The molecule has 0 N–H and O–H groups in total. The van der Waals surface area contributed by atoms with Crippen LogP contribution < -0.4 is 14.2 Å². The number of likely N-dealkylation sites (N-methyl/N-ethyl adjacent to an activating group) is 1. The molecule has 1 aromatic carbocycles. The number of carbonyl (C=O) groups excluding carboxylic acids is 1. The first-order valence-electron chi connectivity index (χ1n) is 8.86. The summed E-state index contributed by atoms with van der Waals surface area (Å²) in [5.74, 6) is 2.41. The minimum atomic E-state index is 0.0207. The number of Topliss-reactive ketones (excluding diaryl/α,β-unsaturated/α-hetero) is 1. The van der Waals surface area contributed by atoms with Gasteiger partial charge in [-0.2, -0.15) is 0 Å². The van der Waals surface area contributed by atoms with Crippen molar-refractivity contribution in [3.8, 4) is 17.2 Å². The number of hydrogen-bond donors (Lipinski definition) is 0. The number of methoxy groups -OCH3 is 1. The SMILES string of the molecule is COc1c2c(cc3c1[C@H](CC(=O)CCC=C(C)C)N(C)CC3)OCO2. The van der Waals surface area contributed by atoms with E-state index in [9.17, 15) is 4.79 Å². The molecule has 3 rings (SSSR count). The predicted octanol–water partition coefficient (Wildman–Crippen LogP) is 3.66. The zero-order chi connectivity index (χ0) is 18.0. The Morgan fingerprint density at radius 2 is 2.20 bits per heavy atom. The lowest BCUT2D eigenvalue weighted by Gasteiger charge is -2.35. The Bertz CT molecular complexity index is 691.